The van der Waals surface area contributed by atoms with Crippen LogP contribution in [0.1, 0.15) is 18.9 Å². The summed E-state index contributed by atoms with van der Waals surface area (Å²) in [6.45, 7) is 2.46. The molecular weight excluding hydrogens is 336 g/mol. The molecule has 0 aromatic heterocycles. The Labute approximate surface area is 139 Å². The van der Waals surface area contributed by atoms with E-state index in [0.29, 0.717) is 36.8 Å². The van der Waals surface area contributed by atoms with Gasteiger partial charge >= 0.3 is 0 Å². The molecule has 0 amide bonds. The van der Waals surface area contributed by atoms with Crippen molar-refractivity contribution in [2.45, 2.75) is 24.7 Å². The Morgan fingerprint density at radius 3 is 2.54 bits per heavy atom. The Kier molecular flexibility index (Phi) is 4.45. The minimum absolute atomic E-state index is 0.0440. The molecule has 1 aliphatic rings. The molecule has 0 N–H and O–H groups in total. The average Bonchev–Trinajstić information content (AvgIpc) is 2.55. The van der Waals surface area contributed by atoms with Crippen molar-refractivity contribution >= 4 is 15.7 Å². The van der Waals surface area contributed by atoms with Gasteiger partial charge in [-0.2, -0.15) is 0 Å². The number of hydrogen-bond acceptors (Lipinski definition) is 3. The van der Waals surface area contributed by atoms with Gasteiger partial charge in [0.05, 0.1) is 17.2 Å². The van der Waals surface area contributed by atoms with E-state index >= 15 is 0 Å². The van der Waals surface area contributed by atoms with E-state index < -0.39 is 21.7 Å². The molecular formula is C17H17F2NO3S. The Morgan fingerprint density at radius 2 is 1.88 bits per heavy atom. The predicted molar refractivity (Wildman–Crippen MR) is 86.8 cm³/mol. The monoisotopic (exact) mass is 353 g/mol. The third-order valence-electron chi connectivity index (χ3n) is 3.89. The van der Waals surface area contributed by atoms with Gasteiger partial charge < -0.3 is 4.74 Å². The number of nitrogens with zero attached hydrogens (tertiary/aromatic N) is 1. The van der Waals surface area contributed by atoms with Crippen LogP contribution in [-0.4, -0.2) is 21.6 Å². The zero-order chi connectivity index (χ0) is 17.3. The molecule has 4 nitrogen and oxygen atoms in total. The molecule has 2 aromatic rings. The predicted octanol–water partition coefficient (Wildman–Crippen LogP) is 3.51. The number of fused-ring (bicyclic) bond motifs is 1. The number of rotatable bonds is 4. The van der Waals surface area contributed by atoms with Gasteiger partial charge in [-0.25, -0.2) is 17.2 Å². The van der Waals surface area contributed by atoms with E-state index in [-0.39, 0.29) is 17.1 Å². The fourth-order valence-corrected chi connectivity index (χ4v) is 4.40. The molecule has 0 spiro atoms. The van der Waals surface area contributed by atoms with Gasteiger partial charge in [-0.3, -0.25) is 4.31 Å². The van der Waals surface area contributed by atoms with Crippen LogP contribution in [0.15, 0.2) is 41.3 Å². The molecule has 0 saturated carbocycles. The van der Waals surface area contributed by atoms with Crippen molar-refractivity contribution in [3.05, 3.63) is 53.6 Å². The highest BCUT2D eigenvalue weighted by Crippen LogP contribution is 2.35. The summed E-state index contributed by atoms with van der Waals surface area (Å²) in [7, 11) is -3.93. The summed E-state index contributed by atoms with van der Waals surface area (Å²) < 4.78 is 59.7. The summed E-state index contributed by atoms with van der Waals surface area (Å²) in [6.07, 6.45) is 0.950. The van der Waals surface area contributed by atoms with Crippen LogP contribution < -0.4 is 9.04 Å². The van der Waals surface area contributed by atoms with Crippen LogP contribution in [0, 0.1) is 11.6 Å². The van der Waals surface area contributed by atoms with E-state index in [1.54, 1.807) is 12.1 Å². The molecule has 0 aliphatic carbocycles. The van der Waals surface area contributed by atoms with Gasteiger partial charge in [-0.15, -0.1) is 0 Å². The van der Waals surface area contributed by atoms with Crippen molar-refractivity contribution in [1.82, 2.24) is 0 Å². The molecule has 1 aliphatic heterocycles. The second-order valence-electron chi connectivity index (χ2n) is 5.48. The maximum atomic E-state index is 14.2. The highest BCUT2D eigenvalue weighted by molar-refractivity contribution is 7.92. The molecule has 0 fully saturated rings. The number of halogens is 2. The molecule has 0 radical (unpaired) electrons. The summed E-state index contributed by atoms with van der Waals surface area (Å²) in [6, 6.07) is 7.87. The molecule has 0 atom stereocenters. The van der Waals surface area contributed by atoms with E-state index in [4.69, 9.17) is 4.74 Å². The zero-order valence-corrected chi connectivity index (χ0v) is 13.9. The minimum atomic E-state index is -3.93. The lowest BCUT2D eigenvalue weighted by atomic mass is 10.0. The number of ether oxygens (including phenoxy) is 1. The fraction of sp³-hybridized carbons (Fsp3) is 0.294. The smallest absolute Gasteiger partial charge is 0.264 e. The van der Waals surface area contributed by atoms with Gasteiger partial charge in [0.1, 0.15) is 11.6 Å². The topological polar surface area (TPSA) is 46.6 Å². The Bertz CT molecular complexity index is 851. The fourth-order valence-electron chi connectivity index (χ4n) is 2.86. The number of hydrogen-bond donors (Lipinski definition) is 0. The molecule has 7 heteroatoms. The van der Waals surface area contributed by atoms with Crippen LogP contribution in [0.2, 0.25) is 0 Å². The third-order valence-corrected chi connectivity index (χ3v) is 5.70. The lowest BCUT2D eigenvalue weighted by molar-refractivity contribution is 0.340. The van der Waals surface area contributed by atoms with Crippen LogP contribution in [0.4, 0.5) is 14.5 Å². The first-order valence-electron chi connectivity index (χ1n) is 7.67. The minimum Gasteiger partial charge on any atom is -0.494 e. The van der Waals surface area contributed by atoms with Gasteiger partial charge in [0, 0.05) is 12.6 Å². The summed E-state index contributed by atoms with van der Waals surface area (Å²) in [4.78, 5) is 0.0440. The normalized spacial score (nSPS) is 14.4. The van der Waals surface area contributed by atoms with Crippen molar-refractivity contribution in [1.29, 1.82) is 0 Å². The second-order valence-corrected chi connectivity index (χ2v) is 7.34. The third kappa shape index (κ3) is 2.96. The van der Waals surface area contributed by atoms with E-state index in [1.165, 1.54) is 18.2 Å². The van der Waals surface area contributed by atoms with Crippen molar-refractivity contribution < 1.29 is 21.9 Å². The Balaban J connectivity index is 2.03. The van der Waals surface area contributed by atoms with Crippen molar-refractivity contribution in [3.8, 4) is 5.75 Å². The highest BCUT2D eigenvalue weighted by Gasteiger charge is 2.32. The molecule has 2 aromatic carbocycles. The second kappa shape index (κ2) is 6.39. The summed E-state index contributed by atoms with van der Waals surface area (Å²) in [5, 5.41) is 0. The van der Waals surface area contributed by atoms with Gasteiger partial charge in [0.2, 0.25) is 0 Å². The van der Waals surface area contributed by atoms with Crippen LogP contribution >= 0.6 is 0 Å². The molecule has 3 rings (SSSR count). The standard InChI is InChI=1S/C17H17F2NO3S/c1-2-23-14-5-7-15(8-6-14)24(21,22)20-9-3-4-12-10-13(18)11-16(19)17(12)20/h5-8,10-11H,2-4,9H2,1H3. The van der Waals surface area contributed by atoms with Crippen LogP contribution in [-0.2, 0) is 16.4 Å². The van der Waals surface area contributed by atoms with Crippen molar-refractivity contribution in [3.63, 3.8) is 0 Å². The molecule has 0 unspecified atom stereocenters. The van der Waals surface area contributed by atoms with Gasteiger partial charge in [-0.1, -0.05) is 0 Å². The highest BCUT2D eigenvalue weighted by atomic mass is 32.2. The maximum Gasteiger partial charge on any atom is 0.264 e. The first-order valence-corrected chi connectivity index (χ1v) is 9.11. The number of sulfonamides is 1. The molecule has 0 bridgehead atoms. The lowest BCUT2D eigenvalue weighted by Crippen LogP contribution is -2.36. The molecule has 128 valence electrons. The average molecular weight is 353 g/mol. The first kappa shape index (κ1) is 16.7. The summed E-state index contributed by atoms with van der Waals surface area (Å²) in [5.74, 6) is -1.01. The van der Waals surface area contributed by atoms with Crippen molar-refractivity contribution in [2.24, 2.45) is 0 Å². The summed E-state index contributed by atoms with van der Waals surface area (Å²) >= 11 is 0. The van der Waals surface area contributed by atoms with E-state index in [0.717, 1.165) is 4.31 Å². The van der Waals surface area contributed by atoms with Crippen LogP contribution in [0.25, 0.3) is 0 Å². The quantitative estimate of drug-likeness (QED) is 0.845. The zero-order valence-electron chi connectivity index (χ0n) is 13.1. The first-order chi connectivity index (χ1) is 11.4. The maximum absolute atomic E-state index is 14.2. The van der Waals surface area contributed by atoms with E-state index in [2.05, 4.69) is 0 Å². The number of benzene rings is 2. The Morgan fingerprint density at radius 1 is 1.17 bits per heavy atom. The van der Waals surface area contributed by atoms with Gasteiger partial charge in [-0.05, 0) is 55.7 Å². The lowest BCUT2D eigenvalue weighted by Gasteiger charge is -2.30. The van der Waals surface area contributed by atoms with Crippen LogP contribution in [0.5, 0.6) is 5.75 Å². The van der Waals surface area contributed by atoms with Gasteiger partial charge in [0.15, 0.2) is 5.82 Å². The van der Waals surface area contributed by atoms with Crippen molar-refractivity contribution in [2.75, 3.05) is 17.5 Å². The number of aryl methyl sites for hydroxylation is 1. The SMILES string of the molecule is CCOc1ccc(S(=O)(=O)N2CCCc3cc(F)cc(F)c32)cc1. The summed E-state index contributed by atoms with van der Waals surface area (Å²) in [5.41, 5.74) is 0.310. The largest absolute Gasteiger partial charge is 0.494 e. The number of anilines is 1. The Hall–Kier alpha value is -2.15. The molecule has 24 heavy (non-hydrogen) atoms. The van der Waals surface area contributed by atoms with E-state index in [9.17, 15) is 17.2 Å². The van der Waals surface area contributed by atoms with E-state index in [1.807, 2.05) is 6.92 Å². The molecule has 1 heterocycles. The van der Waals surface area contributed by atoms with Crippen LogP contribution in [0.3, 0.4) is 0 Å². The van der Waals surface area contributed by atoms with Gasteiger partial charge in [0.25, 0.3) is 10.0 Å². The molecule has 0 saturated heterocycles.